The van der Waals surface area contributed by atoms with Crippen molar-refractivity contribution in [2.75, 3.05) is 0 Å². The molecule has 0 aromatic carbocycles. The van der Waals surface area contributed by atoms with E-state index in [2.05, 4.69) is 27.9 Å². The van der Waals surface area contributed by atoms with Crippen LogP contribution in [0.5, 0.6) is 0 Å². The molecule has 0 spiro atoms. The minimum atomic E-state index is -0.539. The number of nitrogens with zero attached hydrogens (tertiary/aromatic N) is 6. The molecule has 0 atom stereocenters. The molecule has 6 nitrogen and oxygen atoms in total. The van der Waals surface area contributed by atoms with Gasteiger partial charge in [0.25, 0.3) is 0 Å². The Balaban J connectivity index is 1.77. The fourth-order valence-corrected chi connectivity index (χ4v) is 3.08. The molecule has 4 aromatic heterocycles. The highest BCUT2D eigenvalue weighted by Gasteiger charge is 2.15. The van der Waals surface area contributed by atoms with E-state index >= 15 is 0 Å². The molecule has 0 amide bonds. The summed E-state index contributed by atoms with van der Waals surface area (Å²) in [4.78, 5) is 12.9. The fraction of sp³-hybridized carbons (Fsp3) is 0.158. The van der Waals surface area contributed by atoms with Gasteiger partial charge in [0.05, 0.1) is 23.9 Å². The molecule has 7 heteroatoms. The maximum Gasteiger partial charge on any atom is 0.213 e. The maximum atomic E-state index is 13.5. The van der Waals surface area contributed by atoms with Crippen LogP contribution in [0.15, 0.2) is 48.9 Å². The van der Waals surface area contributed by atoms with Crippen LogP contribution in [0, 0.1) is 17.3 Å². The van der Waals surface area contributed by atoms with E-state index in [4.69, 9.17) is 5.26 Å². The normalized spacial score (nSPS) is 11.0. The molecule has 128 valence electrons. The highest BCUT2D eigenvalue weighted by molar-refractivity contribution is 5.51. The van der Waals surface area contributed by atoms with Gasteiger partial charge in [-0.3, -0.25) is 0 Å². The zero-order valence-electron chi connectivity index (χ0n) is 14.1. The average molecular weight is 346 g/mol. The van der Waals surface area contributed by atoms with Crippen molar-refractivity contribution < 1.29 is 4.39 Å². The van der Waals surface area contributed by atoms with E-state index in [-0.39, 0.29) is 0 Å². The van der Waals surface area contributed by atoms with Gasteiger partial charge in [-0.25, -0.2) is 15.0 Å². The Morgan fingerprint density at radius 1 is 1.19 bits per heavy atom. The number of aromatic nitrogens is 5. The highest BCUT2D eigenvalue weighted by Crippen LogP contribution is 2.20. The fourth-order valence-electron chi connectivity index (χ4n) is 3.08. The molecule has 0 aliphatic rings. The van der Waals surface area contributed by atoms with E-state index in [1.807, 2.05) is 21.4 Å². The van der Waals surface area contributed by atoms with Crippen LogP contribution in [0.25, 0.3) is 17.2 Å². The maximum absolute atomic E-state index is 13.5. The van der Waals surface area contributed by atoms with Crippen LogP contribution in [0.2, 0.25) is 0 Å². The van der Waals surface area contributed by atoms with Gasteiger partial charge in [0, 0.05) is 24.3 Å². The van der Waals surface area contributed by atoms with E-state index in [1.54, 1.807) is 30.5 Å². The lowest BCUT2D eigenvalue weighted by atomic mass is 10.2. The Hall–Kier alpha value is -3.53. The lowest BCUT2D eigenvalue weighted by Crippen LogP contribution is -2.05. The van der Waals surface area contributed by atoms with Gasteiger partial charge in [-0.2, -0.15) is 9.65 Å². The first kappa shape index (κ1) is 16.0. The van der Waals surface area contributed by atoms with Gasteiger partial charge in [0.1, 0.15) is 11.3 Å². The second-order valence-corrected chi connectivity index (χ2v) is 5.84. The number of nitriles is 1. The molecule has 0 radical (unpaired) electrons. The van der Waals surface area contributed by atoms with Crippen LogP contribution in [0.4, 0.5) is 4.39 Å². The Bertz CT molecular complexity index is 1130. The van der Waals surface area contributed by atoms with Gasteiger partial charge in [0.15, 0.2) is 5.82 Å². The van der Waals surface area contributed by atoms with Gasteiger partial charge in [-0.1, -0.05) is 13.0 Å². The van der Waals surface area contributed by atoms with Crippen LogP contribution in [0.3, 0.4) is 0 Å². The summed E-state index contributed by atoms with van der Waals surface area (Å²) in [6.07, 6.45) is 6.15. The van der Waals surface area contributed by atoms with E-state index in [9.17, 15) is 4.39 Å². The summed E-state index contributed by atoms with van der Waals surface area (Å²) in [5.41, 5.74) is 3.74. The summed E-state index contributed by atoms with van der Waals surface area (Å²) >= 11 is 0. The van der Waals surface area contributed by atoms with Crippen molar-refractivity contribution in [2.24, 2.45) is 0 Å². The topological polar surface area (TPSA) is 71.8 Å². The first-order valence-electron chi connectivity index (χ1n) is 8.23. The summed E-state index contributed by atoms with van der Waals surface area (Å²) in [5.74, 6) is 0.0457. The van der Waals surface area contributed by atoms with Crippen molar-refractivity contribution in [2.45, 2.75) is 19.9 Å². The van der Waals surface area contributed by atoms with Gasteiger partial charge in [-0.15, -0.1) is 0 Å². The predicted octanol–water partition coefficient (Wildman–Crippen LogP) is 3.21. The zero-order valence-corrected chi connectivity index (χ0v) is 14.1. The molecular weight excluding hydrogens is 331 g/mol. The standard InChI is InChI=1S/C19H15FN6/c1-2-16-15(24-18-10-13(11-21)6-8-26(16)18)12-25-9-7-22-19(25)14-4-3-5-17(20)23-14/h3-10H,2,12H2,1H3. The lowest BCUT2D eigenvalue weighted by Gasteiger charge is -2.07. The molecule has 4 rings (SSSR count). The quantitative estimate of drug-likeness (QED) is 0.532. The largest absolute Gasteiger partial charge is 0.324 e. The van der Waals surface area contributed by atoms with Crippen molar-refractivity contribution in [3.63, 3.8) is 0 Å². The number of halogens is 1. The first-order valence-corrected chi connectivity index (χ1v) is 8.23. The molecule has 0 aliphatic heterocycles. The Morgan fingerprint density at radius 2 is 2.08 bits per heavy atom. The van der Waals surface area contributed by atoms with Crippen LogP contribution >= 0.6 is 0 Å². The van der Waals surface area contributed by atoms with E-state index < -0.39 is 5.95 Å². The second-order valence-electron chi connectivity index (χ2n) is 5.84. The molecule has 4 aromatic rings. The minimum absolute atomic E-state index is 0.476. The molecule has 0 unspecified atom stereocenters. The summed E-state index contributed by atoms with van der Waals surface area (Å²) in [6.45, 7) is 2.55. The Labute approximate surface area is 149 Å². The molecule has 0 saturated heterocycles. The molecule has 0 N–H and O–H groups in total. The summed E-state index contributed by atoms with van der Waals surface area (Å²) in [7, 11) is 0. The van der Waals surface area contributed by atoms with E-state index in [0.717, 1.165) is 23.5 Å². The molecular formula is C19H15FN6. The van der Waals surface area contributed by atoms with Gasteiger partial charge < -0.3 is 8.97 Å². The molecule has 0 fully saturated rings. The van der Waals surface area contributed by atoms with E-state index in [0.29, 0.717) is 23.6 Å². The number of rotatable bonds is 4. The SMILES string of the molecule is CCc1c(Cn2ccnc2-c2cccc(F)n2)nc2cc(C#N)ccn12. The minimum Gasteiger partial charge on any atom is -0.324 e. The second kappa shape index (κ2) is 6.41. The van der Waals surface area contributed by atoms with Gasteiger partial charge >= 0.3 is 0 Å². The molecule has 4 heterocycles. The van der Waals surface area contributed by atoms with E-state index in [1.165, 1.54) is 6.07 Å². The third-order valence-corrected chi connectivity index (χ3v) is 4.25. The average Bonchev–Trinajstić information content (AvgIpc) is 3.25. The van der Waals surface area contributed by atoms with Crippen LogP contribution in [-0.4, -0.2) is 23.9 Å². The van der Waals surface area contributed by atoms with Gasteiger partial charge in [-0.05, 0) is 30.7 Å². The summed E-state index contributed by atoms with van der Waals surface area (Å²) in [6, 6.07) is 10.3. The van der Waals surface area contributed by atoms with Crippen molar-refractivity contribution in [1.82, 2.24) is 23.9 Å². The highest BCUT2D eigenvalue weighted by atomic mass is 19.1. The van der Waals surface area contributed by atoms with Gasteiger partial charge in [0.2, 0.25) is 5.95 Å². The monoisotopic (exact) mass is 346 g/mol. The Kier molecular flexibility index (Phi) is 3.93. The van der Waals surface area contributed by atoms with Crippen molar-refractivity contribution in [3.8, 4) is 17.6 Å². The number of pyridine rings is 2. The van der Waals surface area contributed by atoms with Crippen LogP contribution < -0.4 is 0 Å². The third kappa shape index (κ3) is 2.71. The molecule has 26 heavy (non-hydrogen) atoms. The first-order chi connectivity index (χ1) is 12.7. The molecule has 0 aliphatic carbocycles. The van der Waals surface area contributed by atoms with Crippen LogP contribution in [-0.2, 0) is 13.0 Å². The zero-order chi connectivity index (χ0) is 18.1. The number of imidazole rings is 2. The predicted molar refractivity (Wildman–Crippen MR) is 93.8 cm³/mol. The number of hydrogen-bond donors (Lipinski definition) is 0. The number of fused-ring (bicyclic) bond motifs is 1. The van der Waals surface area contributed by atoms with Crippen molar-refractivity contribution >= 4 is 5.65 Å². The number of hydrogen-bond acceptors (Lipinski definition) is 4. The van der Waals surface area contributed by atoms with Crippen LogP contribution in [0.1, 0.15) is 23.9 Å². The van der Waals surface area contributed by atoms with Crippen molar-refractivity contribution in [1.29, 1.82) is 5.26 Å². The molecule has 0 saturated carbocycles. The number of aryl methyl sites for hydroxylation is 1. The Morgan fingerprint density at radius 3 is 2.85 bits per heavy atom. The molecule has 0 bridgehead atoms. The van der Waals surface area contributed by atoms with Crippen molar-refractivity contribution in [3.05, 3.63) is 71.8 Å². The lowest BCUT2D eigenvalue weighted by molar-refractivity contribution is 0.584. The summed E-state index contributed by atoms with van der Waals surface area (Å²) < 4.78 is 17.3. The third-order valence-electron chi connectivity index (χ3n) is 4.25. The smallest absolute Gasteiger partial charge is 0.213 e. The summed E-state index contributed by atoms with van der Waals surface area (Å²) in [5, 5.41) is 9.09.